The van der Waals surface area contributed by atoms with Gasteiger partial charge in [0.2, 0.25) is 5.43 Å². The number of methoxy groups -OCH3 is 1. The Morgan fingerprint density at radius 1 is 0.909 bits per heavy atom. The van der Waals surface area contributed by atoms with E-state index >= 15 is 0 Å². The minimum Gasteiger partial charge on any atom is -0.496 e. The number of pyridine rings is 1. The first-order chi connectivity index (χ1) is 21.0. The lowest BCUT2D eigenvalue weighted by molar-refractivity contribution is -0.124. The molecule has 0 saturated carbocycles. The number of amides is 2. The predicted octanol–water partition coefficient (Wildman–Crippen LogP) is 6.39. The van der Waals surface area contributed by atoms with Crippen molar-refractivity contribution in [2.24, 2.45) is 7.05 Å². The van der Waals surface area contributed by atoms with Crippen molar-refractivity contribution < 1.29 is 28.5 Å². The lowest BCUT2D eigenvalue weighted by atomic mass is 9.86. The van der Waals surface area contributed by atoms with E-state index in [4.69, 9.17) is 18.9 Å². The minimum atomic E-state index is -1.12. The lowest BCUT2D eigenvalue weighted by Crippen LogP contribution is -2.54. The molecule has 234 valence electrons. The second kappa shape index (κ2) is 11.9. The summed E-state index contributed by atoms with van der Waals surface area (Å²) in [5.74, 6) is 0.708. The molecule has 1 aliphatic heterocycles. The van der Waals surface area contributed by atoms with Crippen LogP contribution in [0.5, 0.6) is 11.5 Å². The zero-order valence-electron chi connectivity index (χ0n) is 26.7. The number of aromatic nitrogens is 1. The predicted molar refractivity (Wildman–Crippen MR) is 171 cm³/mol. The van der Waals surface area contributed by atoms with Crippen LogP contribution in [-0.4, -0.2) is 71.5 Å². The molecule has 0 fully saturated rings. The molecular weight excluding hydrogens is 562 g/mol. The molecule has 5 rings (SSSR count). The van der Waals surface area contributed by atoms with Gasteiger partial charge in [-0.2, -0.15) is 0 Å². The van der Waals surface area contributed by atoms with Gasteiger partial charge in [0.25, 0.3) is 0 Å². The number of aryl methyl sites for hydroxylation is 1. The molecule has 10 nitrogen and oxygen atoms in total. The van der Waals surface area contributed by atoms with Crippen LogP contribution in [0.25, 0.3) is 32.6 Å². The van der Waals surface area contributed by atoms with E-state index in [0.29, 0.717) is 65.0 Å². The Labute approximate surface area is 257 Å². The number of fused-ring (bicyclic) bond motifs is 6. The van der Waals surface area contributed by atoms with Crippen molar-refractivity contribution in [1.29, 1.82) is 0 Å². The summed E-state index contributed by atoms with van der Waals surface area (Å²) in [6, 6.07) is 13.3. The molecule has 3 aromatic carbocycles. The summed E-state index contributed by atoms with van der Waals surface area (Å²) in [4.78, 5) is 44.5. The minimum absolute atomic E-state index is 0.222. The molecule has 4 aromatic rings. The first-order valence-electron chi connectivity index (χ1n) is 15.2. The smallest absolute Gasteiger partial charge is 0.410 e. The molecule has 2 atom stereocenters. The highest BCUT2D eigenvalue weighted by molar-refractivity contribution is 6.11. The second-order valence-electron chi connectivity index (χ2n) is 11.4. The second-order valence-corrected chi connectivity index (χ2v) is 11.4. The molecule has 1 aromatic heterocycles. The summed E-state index contributed by atoms with van der Waals surface area (Å²) < 4.78 is 26.6. The summed E-state index contributed by atoms with van der Waals surface area (Å²) in [6.45, 7) is 12.8. The molecule has 10 heteroatoms. The number of hydrogen-bond acceptors (Lipinski definition) is 7. The van der Waals surface area contributed by atoms with E-state index in [1.54, 1.807) is 29.7 Å². The highest BCUT2D eigenvalue weighted by Gasteiger charge is 2.51. The number of nitrogens with zero attached hydrogens (tertiary/aromatic N) is 3. The molecule has 2 amide bonds. The summed E-state index contributed by atoms with van der Waals surface area (Å²) in [6.07, 6.45) is -3.25. The Kier molecular flexibility index (Phi) is 8.38. The van der Waals surface area contributed by atoms with E-state index < -0.39 is 30.0 Å². The van der Waals surface area contributed by atoms with Crippen molar-refractivity contribution in [2.75, 3.05) is 33.3 Å². The number of benzene rings is 3. The molecule has 0 radical (unpaired) electrons. The van der Waals surface area contributed by atoms with E-state index in [9.17, 15) is 14.4 Å². The van der Waals surface area contributed by atoms with Crippen LogP contribution in [0.2, 0.25) is 0 Å². The molecule has 0 spiro atoms. The van der Waals surface area contributed by atoms with Gasteiger partial charge in [0.05, 0.1) is 34.5 Å². The fraction of sp³-hybridized carbons (Fsp3) is 0.441. The largest absolute Gasteiger partial charge is 0.496 e. The van der Waals surface area contributed by atoms with E-state index in [2.05, 4.69) is 0 Å². The average Bonchev–Trinajstić information content (AvgIpc) is 3.01. The normalized spacial score (nSPS) is 17.2. The maximum atomic E-state index is 14.5. The topological polar surface area (TPSA) is 99.5 Å². The van der Waals surface area contributed by atoms with Gasteiger partial charge in [-0.3, -0.25) is 4.79 Å². The van der Waals surface area contributed by atoms with E-state index in [1.807, 2.05) is 75.7 Å². The standard InChI is InChI=1S/C34H41N3O7/c1-9-36(10-2)32(39)42-30-27-24(44-34(5,6)31(30)43-33(40)37(11-3)12-4)19-23(41-8)26-28(27)35(7)22-18-17-20-15-13-14-16-21(20)25(22)29(26)38/h13-19,30-31H,9-12H2,1-8H3. The van der Waals surface area contributed by atoms with Crippen molar-refractivity contribution in [1.82, 2.24) is 14.4 Å². The molecule has 0 bridgehead atoms. The Balaban J connectivity index is 1.87. The Bertz CT molecular complexity index is 1800. The van der Waals surface area contributed by atoms with Crippen LogP contribution >= 0.6 is 0 Å². The molecule has 44 heavy (non-hydrogen) atoms. The SMILES string of the molecule is CCN(CC)C(=O)OC1c2c(cc(OC)c3c(=O)c4c5ccccc5ccc4n(C)c23)OC(C)(C)C1OC(=O)N(CC)CC. The Morgan fingerprint density at radius 3 is 2.14 bits per heavy atom. The van der Waals surface area contributed by atoms with Gasteiger partial charge < -0.3 is 33.3 Å². The monoisotopic (exact) mass is 603 g/mol. The number of carbonyl (C=O) groups excluding carboxylic acids is 2. The fourth-order valence-electron chi connectivity index (χ4n) is 6.26. The van der Waals surface area contributed by atoms with Gasteiger partial charge in [-0.05, 0) is 58.4 Å². The van der Waals surface area contributed by atoms with Gasteiger partial charge in [0, 0.05) is 39.3 Å². The van der Waals surface area contributed by atoms with E-state index in [1.165, 1.54) is 7.11 Å². The fourth-order valence-corrected chi connectivity index (χ4v) is 6.26. The Hall–Kier alpha value is -4.47. The quantitative estimate of drug-likeness (QED) is 0.178. The van der Waals surface area contributed by atoms with Crippen molar-refractivity contribution in [2.45, 2.75) is 59.4 Å². The van der Waals surface area contributed by atoms with Gasteiger partial charge in [-0.25, -0.2) is 9.59 Å². The van der Waals surface area contributed by atoms with Crippen LogP contribution in [-0.2, 0) is 16.5 Å². The van der Waals surface area contributed by atoms with Crippen LogP contribution in [0.1, 0.15) is 53.2 Å². The third kappa shape index (κ3) is 4.96. The van der Waals surface area contributed by atoms with Crippen LogP contribution in [0, 0.1) is 0 Å². The van der Waals surface area contributed by atoms with Crippen molar-refractivity contribution in [3.8, 4) is 11.5 Å². The molecule has 2 unspecified atom stereocenters. The number of hydrogen-bond donors (Lipinski definition) is 0. The number of carbonyl (C=O) groups is 2. The van der Waals surface area contributed by atoms with Crippen molar-refractivity contribution >= 4 is 44.8 Å². The zero-order valence-corrected chi connectivity index (χ0v) is 26.7. The lowest BCUT2D eigenvalue weighted by Gasteiger charge is -2.44. The summed E-state index contributed by atoms with van der Waals surface area (Å²) in [7, 11) is 3.37. The van der Waals surface area contributed by atoms with Gasteiger partial charge in [-0.1, -0.05) is 30.3 Å². The highest BCUT2D eigenvalue weighted by Crippen LogP contribution is 2.49. The third-order valence-corrected chi connectivity index (χ3v) is 8.66. The van der Waals surface area contributed by atoms with Gasteiger partial charge in [0.1, 0.15) is 17.1 Å². The summed E-state index contributed by atoms with van der Waals surface area (Å²) >= 11 is 0. The zero-order chi connectivity index (χ0) is 31.9. The molecule has 0 saturated heterocycles. The molecular formula is C34H41N3O7. The van der Waals surface area contributed by atoms with E-state index in [0.717, 1.165) is 10.8 Å². The molecule has 2 heterocycles. The third-order valence-electron chi connectivity index (χ3n) is 8.66. The molecule has 0 aliphatic carbocycles. The van der Waals surface area contributed by atoms with Gasteiger partial charge >= 0.3 is 12.2 Å². The number of ether oxygens (including phenoxy) is 4. The Morgan fingerprint density at radius 2 is 1.52 bits per heavy atom. The van der Waals surface area contributed by atoms with Gasteiger partial charge in [0.15, 0.2) is 12.2 Å². The highest BCUT2D eigenvalue weighted by atomic mass is 16.6. The van der Waals surface area contributed by atoms with Crippen molar-refractivity contribution in [3.05, 3.63) is 58.3 Å². The van der Waals surface area contributed by atoms with Crippen LogP contribution in [0.15, 0.2) is 47.3 Å². The van der Waals surface area contributed by atoms with E-state index in [-0.39, 0.29) is 5.43 Å². The molecule has 1 aliphatic rings. The van der Waals surface area contributed by atoms with Crippen LogP contribution in [0.3, 0.4) is 0 Å². The first kappa shape index (κ1) is 31.0. The maximum absolute atomic E-state index is 14.5. The first-order valence-corrected chi connectivity index (χ1v) is 15.2. The summed E-state index contributed by atoms with van der Waals surface area (Å²) in [5.41, 5.74) is 0.262. The summed E-state index contributed by atoms with van der Waals surface area (Å²) in [5, 5.41) is 2.63. The number of rotatable bonds is 7. The van der Waals surface area contributed by atoms with Crippen LogP contribution in [0.4, 0.5) is 9.59 Å². The van der Waals surface area contributed by atoms with Crippen molar-refractivity contribution in [3.63, 3.8) is 0 Å². The maximum Gasteiger partial charge on any atom is 0.410 e. The average molecular weight is 604 g/mol. The van der Waals surface area contributed by atoms with Gasteiger partial charge in [-0.15, -0.1) is 0 Å². The molecule has 0 N–H and O–H groups in total. The van der Waals surface area contributed by atoms with Crippen LogP contribution < -0.4 is 14.9 Å².